The third kappa shape index (κ3) is 4.09. The Labute approximate surface area is 164 Å². The summed E-state index contributed by atoms with van der Waals surface area (Å²) in [5.41, 5.74) is 1.40. The van der Waals surface area contributed by atoms with Crippen LogP contribution in [-0.4, -0.2) is 25.1 Å². The molecule has 0 saturated heterocycles. The summed E-state index contributed by atoms with van der Waals surface area (Å²) >= 11 is 13.5. The molecule has 1 N–H and O–H groups in total. The molecule has 0 unspecified atom stereocenters. The van der Waals surface area contributed by atoms with Crippen LogP contribution in [0, 0.1) is 0 Å². The summed E-state index contributed by atoms with van der Waals surface area (Å²) in [7, 11) is 3.11. The molecular formula is C18H14Cl2N2O3S. The fourth-order valence-electron chi connectivity index (χ4n) is 2.32. The topological polar surface area (TPSA) is 60.5 Å². The molecule has 3 rings (SSSR count). The number of fused-ring (bicyclic) bond motifs is 1. The maximum Gasteiger partial charge on any atom is 0.250 e. The molecule has 5 nitrogen and oxygen atoms in total. The van der Waals surface area contributed by atoms with Crippen molar-refractivity contribution in [2.75, 3.05) is 19.5 Å². The van der Waals surface area contributed by atoms with E-state index in [1.807, 2.05) is 18.2 Å². The van der Waals surface area contributed by atoms with Gasteiger partial charge in [0.05, 0.1) is 29.5 Å². The summed E-state index contributed by atoms with van der Waals surface area (Å²) in [6, 6.07) is 8.78. The number of carbonyl (C=O) groups excluding carboxylic acids is 1. The largest absolute Gasteiger partial charge is 0.497 e. The van der Waals surface area contributed by atoms with Gasteiger partial charge in [-0.25, -0.2) is 4.98 Å². The number of anilines is 1. The number of amides is 1. The molecule has 0 aliphatic carbocycles. The van der Waals surface area contributed by atoms with Crippen LogP contribution >= 0.6 is 34.5 Å². The first-order valence-electron chi connectivity index (χ1n) is 7.47. The molecule has 1 aromatic heterocycles. The molecule has 0 aliphatic heterocycles. The number of rotatable bonds is 5. The molecule has 26 heavy (non-hydrogen) atoms. The van der Waals surface area contributed by atoms with Gasteiger partial charge < -0.3 is 9.47 Å². The molecule has 0 atom stereocenters. The van der Waals surface area contributed by atoms with Crippen molar-refractivity contribution < 1.29 is 14.3 Å². The van der Waals surface area contributed by atoms with Gasteiger partial charge in [-0.05, 0) is 36.4 Å². The molecule has 0 spiro atoms. The van der Waals surface area contributed by atoms with Crippen molar-refractivity contribution in [2.24, 2.45) is 0 Å². The standard InChI is InChI=1S/C18H14Cl2N2O3S/c1-24-12-4-5-14-15(9-12)26-18(21-14)22-16(23)6-3-10-7-11(19)8-13(20)17(10)25-2/h3-9H,1-2H3,(H,21,22,23). The molecule has 1 heterocycles. The first-order valence-corrected chi connectivity index (χ1v) is 9.04. The molecule has 0 aliphatic rings. The molecule has 8 heteroatoms. The fourth-order valence-corrected chi connectivity index (χ4v) is 3.80. The van der Waals surface area contributed by atoms with Crippen molar-refractivity contribution in [2.45, 2.75) is 0 Å². The summed E-state index contributed by atoms with van der Waals surface area (Å²) in [5, 5.41) is 4.07. The number of carbonyl (C=O) groups is 1. The first-order chi connectivity index (χ1) is 12.5. The van der Waals surface area contributed by atoms with E-state index in [4.69, 9.17) is 32.7 Å². The number of hydrogen-bond acceptors (Lipinski definition) is 5. The molecule has 1 amide bonds. The zero-order valence-electron chi connectivity index (χ0n) is 13.9. The Kier molecular flexibility index (Phi) is 5.66. The zero-order chi connectivity index (χ0) is 18.7. The SMILES string of the molecule is COc1ccc2nc(NC(=O)C=Cc3cc(Cl)cc(Cl)c3OC)sc2c1. The maximum atomic E-state index is 12.2. The highest BCUT2D eigenvalue weighted by Gasteiger charge is 2.09. The number of nitrogens with zero attached hydrogens (tertiary/aromatic N) is 1. The summed E-state index contributed by atoms with van der Waals surface area (Å²) in [4.78, 5) is 16.6. The van der Waals surface area contributed by atoms with Crippen molar-refractivity contribution in [3.05, 3.63) is 52.0 Å². The van der Waals surface area contributed by atoms with Crippen LogP contribution in [0.25, 0.3) is 16.3 Å². The van der Waals surface area contributed by atoms with E-state index in [1.165, 1.54) is 24.5 Å². The Hall–Kier alpha value is -2.28. The molecule has 0 bridgehead atoms. The summed E-state index contributed by atoms with van der Waals surface area (Å²) in [5.74, 6) is 0.866. The van der Waals surface area contributed by atoms with E-state index in [2.05, 4.69) is 10.3 Å². The number of methoxy groups -OCH3 is 2. The quantitative estimate of drug-likeness (QED) is 0.583. The summed E-state index contributed by atoms with van der Waals surface area (Å²) in [6.07, 6.45) is 2.96. The predicted octanol–water partition coefficient (Wildman–Crippen LogP) is 5.27. The van der Waals surface area contributed by atoms with Crippen molar-refractivity contribution in [1.29, 1.82) is 0 Å². The Bertz CT molecular complexity index is 1000. The van der Waals surface area contributed by atoms with Gasteiger partial charge in [-0.15, -0.1) is 0 Å². The number of thiazole rings is 1. The average molecular weight is 409 g/mol. The second kappa shape index (κ2) is 7.95. The number of hydrogen-bond donors (Lipinski definition) is 1. The number of halogens is 2. The van der Waals surface area contributed by atoms with Crippen molar-refractivity contribution >= 4 is 61.9 Å². The molecule has 0 radical (unpaired) electrons. The van der Waals surface area contributed by atoms with Crippen LogP contribution < -0.4 is 14.8 Å². The van der Waals surface area contributed by atoms with Gasteiger partial charge in [-0.3, -0.25) is 10.1 Å². The highest BCUT2D eigenvalue weighted by molar-refractivity contribution is 7.22. The second-order valence-electron chi connectivity index (χ2n) is 5.19. The highest BCUT2D eigenvalue weighted by atomic mass is 35.5. The average Bonchev–Trinajstić information content (AvgIpc) is 3.00. The smallest absolute Gasteiger partial charge is 0.250 e. The van der Waals surface area contributed by atoms with Gasteiger partial charge >= 0.3 is 0 Å². The monoisotopic (exact) mass is 408 g/mol. The van der Waals surface area contributed by atoms with Crippen LogP contribution in [0.15, 0.2) is 36.4 Å². The fraction of sp³-hybridized carbons (Fsp3) is 0.111. The lowest BCUT2D eigenvalue weighted by molar-refractivity contribution is -0.111. The minimum absolute atomic E-state index is 0.325. The van der Waals surface area contributed by atoms with Crippen LogP contribution in [-0.2, 0) is 4.79 Å². The van der Waals surface area contributed by atoms with E-state index in [0.29, 0.717) is 26.5 Å². The van der Waals surface area contributed by atoms with Gasteiger partial charge in [0.2, 0.25) is 5.91 Å². The molecule has 2 aromatic carbocycles. The van der Waals surface area contributed by atoms with E-state index in [0.717, 1.165) is 16.0 Å². The summed E-state index contributed by atoms with van der Waals surface area (Å²) in [6.45, 7) is 0. The van der Waals surface area contributed by atoms with Crippen LogP contribution in [0.1, 0.15) is 5.56 Å². The lowest BCUT2D eigenvalue weighted by Gasteiger charge is -2.07. The van der Waals surface area contributed by atoms with Gasteiger partial charge in [0.1, 0.15) is 11.5 Å². The molecule has 134 valence electrons. The lowest BCUT2D eigenvalue weighted by atomic mass is 10.2. The van der Waals surface area contributed by atoms with Crippen LogP contribution in [0.3, 0.4) is 0 Å². The first kappa shape index (κ1) is 18.5. The van der Waals surface area contributed by atoms with Crippen LogP contribution in [0.5, 0.6) is 11.5 Å². The van der Waals surface area contributed by atoms with Crippen molar-refractivity contribution in [3.8, 4) is 11.5 Å². The highest BCUT2D eigenvalue weighted by Crippen LogP contribution is 2.33. The Morgan fingerprint density at radius 3 is 2.73 bits per heavy atom. The molecule has 0 saturated carbocycles. The lowest BCUT2D eigenvalue weighted by Crippen LogP contribution is -2.07. The normalized spacial score (nSPS) is 11.1. The van der Waals surface area contributed by atoms with E-state index < -0.39 is 0 Å². The number of ether oxygens (including phenoxy) is 2. The number of benzene rings is 2. The molecule has 3 aromatic rings. The zero-order valence-corrected chi connectivity index (χ0v) is 16.2. The van der Waals surface area contributed by atoms with Crippen LogP contribution in [0.2, 0.25) is 10.0 Å². The Morgan fingerprint density at radius 1 is 1.19 bits per heavy atom. The number of nitrogens with one attached hydrogen (secondary N) is 1. The van der Waals surface area contributed by atoms with E-state index in [9.17, 15) is 4.79 Å². The maximum absolute atomic E-state index is 12.2. The summed E-state index contributed by atoms with van der Waals surface area (Å²) < 4.78 is 11.4. The number of aromatic nitrogens is 1. The van der Waals surface area contributed by atoms with Crippen molar-refractivity contribution in [3.63, 3.8) is 0 Å². The predicted molar refractivity (Wildman–Crippen MR) is 107 cm³/mol. The van der Waals surface area contributed by atoms with Gasteiger partial charge in [0.15, 0.2) is 5.13 Å². The van der Waals surface area contributed by atoms with Gasteiger partial charge in [0, 0.05) is 16.7 Å². The van der Waals surface area contributed by atoms with Gasteiger partial charge in [0.25, 0.3) is 0 Å². The van der Waals surface area contributed by atoms with E-state index in [1.54, 1.807) is 25.3 Å². The van der Waals surface area contributed by atoms with E-state index in [-0.39, 0.29) is 5.91 Å². The minimum atomic E-state index is -0.325. The Balaban J connectivity index is 1.78. The molecular weight excluding hydrogens is 395 g/mol. The van der Waals surface area contributed by atoms with Crippen molar-refractivity contribution in [1.82, 2.24) is 4.98 Å². The molecule has 0 fully saturated rings. The third-order valence-corrected chi connectivity index (χ3v) is 4.91. The van der Waals surface area contributed by atoms with Gasteiger partial charge in [-0.2, -0.15) is 0 Å². The minimum Gasteiger partial charge on any atom is -0.497 e. The van der Waals surface area contributed by atoms with Gasteiger partial charge in [-0.1, -0.05) is 34.5 Å². The third-order valence-electron chi connectivity index (χ3n) is 3.48. The van der Waals surface area contributed by atoms with E-state index >= 15 is 0 Å². The second-order valence-corrected chi connectivity index (χ2v) is 7.06. The Morgan fingerprint density at radius 2 is 2.00 bits per heavy atom. The van der Waals surface area contributed by atoms with Crippen LogP contribution in [0.4, 0.5) is 5.13 Å².